The van der Waals surface area contributed by atoms with Crippen LogP contribution in [-0.2, 0) is 6.54 Å². The molecule has 2 aliphatic heterocycles. The summed E-state index contributed by atoms with van der Waals surface area (Å²) in [7, 11) is 0. The molecule has 0 aliphatic carbocycles. The van der Waals surface area contributed by atoms with Gasteiger partial charge < -0.3 is 14.2 Å². The van der Waals surface area contributed by atoms with Gasteiger partial charge in [-0.3, -0.25) is 9.69 Å². The highest BCUT2D eigenvalue weighted by molar-refractivity contribution is 5.92. The summed E-state index contributed by atoms with van der Waals surface area (Å²) in [6.45, 7) is 6.36. The Balaban J connectivity index is 1.32. The van der Waals surface area contributed by atoms with Crippen molar-refractivity contribution in [2.75, 3.05) is 37.6 Å². The van der Waals surface area contributed by atoms with Gasteiger partial charge in [-0.1, -0.05) is 37.6 Å². The van der Waals surface area contributed by atoms with Crippen LogP contribution in [0.2, 0.25) is 0 Å². The standard InChI is InChI=1S/C22H27FN4O2/c1-2-6-17-7-5-10-27(17)22(28)19-16-29-21(24-19)15-25-11-13-26(14-12-25)20-9-4-3-8-18(20)23/h3-5,7-9,16-17H,2,6,10-15H2,1H3. The quantitative estimate of drug-likeness (QED) is 0.699. The van der Waals surface area contributed by atoms with Crippen LogP contribution in [0.15, 0.2) is 47.1 Å². The van der Waals surface area contributed by atoms with E-state index in [0.717, 1.165) is 39.0 Å². The van der Waals surface area contributed by atoms with Gasteiger partial charge in [-0.05, 0) is 18.6 Å². The Kier molecular flexibility index (Phi) is 5.94. The Hall–Kier alpha value is -2.67. The number of halogens is 1. The molecule has 7 heteroatoms. The van der Waals surface area contributed by atoms with Crippen LogP contribution in [0, 0.1) is 5.82 Å². The lowest BCUT2D eigenvalue weighted by molar-refractivity contribution is 0.0738. The van der Waals surface area contributed by atoms with Gasteiger partial charge in [0.25, 0.3) is 5.91 Å². The molecule has 1 aromatic carbocycles. The molecule has 0 saturated carbocycles. The van der Waals surface area contributed by atoms with E-state index in [1.807, 2.05) is 23.1 Å². The molecule has 0 spiro atoms. The van der Waals surface area contributed by atoms with Crippen LogP contribution in [0.25, 0.3) is 0 Å². The molecule has 29 heavy (non-hydrogen) atoms. The fourth-order valence-electron chi connectivity index (χ4n) is 4.03. The lowest BCUT2D eigenvalue weighted by Crippen LogP contribution is -2.46. The van der Waals surface area contributed by atoms with Crippen molar-refractivity contribution in [2.45, 2.75) is 32.4 Å². The molecule has 1 unspecified atom stereocenters. The van der Waals surface area contributed by atoms with Gasteiger partial charge in [0.15, 0.2) is 5.69 Å². The molecular formula is C22H27FN4O2. The van der Waals surface area contributed by atoms with E-state index in [-0.39, 0.29) is 17.8 Å². The number of nitrogens with zero attached hydrogens (tertiary/aromatic N) is 4. The molecule has 1 aromatic heterocycles. The molecule has 0 N–H and O–H groups in total. The Labute approximate surface area is 170 Å². The van der Waals surface area contributed by atoms with E-state index < -0.39 is 0 Å². The summed E-state index contributed by atoms with van der Waals surface area (Å²) in [5, 5.41) is 0. The highest BCUT2D eigenvalue weighted by Crippen LogP contribution is 2.21. The first-order valence-electron chi connectivity index (χ1n) is 10.3. The van der Waals surface area contributed by atoms with Crippen LogP contribution in [0.3, 0.4) is 0 Å². The van der Waals surface area contributed by atoms with E-state index in [4.69, 9.17) is 4.42 Å². The minimum atomic E-state index is -0.186. The van der Waals surface area contributed by atoms with Gasteiger partial charge in [0.2, 0.25) is 5.89 Å². The summed E-state index contributed by atoms with van der Waals surface area (Å²) in [5.41, 5.74) is 1.02. The number of hydrogen-bond acceptors (Lipinski definition) is 5. The van der Waals surface area contributed by atoms with Crippen molar-refractivity contribution >= 4 is 11.6 Å². The largest absolute Gasteiger partial charge is 0.447 e. The lowest BCUT2D eigenvalue weighted by Gasteiger charge is -2.35. The molecule has 2 aromatic rings. The number of benzene rings is 1. The van der Waals surface area contributed by atoms with Crippen LogP contribution in [0.4, 0.5) is 10.1 Å². The summed E-state index contributed by atoms with van der Waals surface area (Å²) < 4.78 is 19.6. The third-order valence-corrected chi connectivity index (χ3v) is 5.60. The number of amides is 1. The number of hydrogen-bond donors (Lipinski definition) is 0. The number of rotatable bonds is 6. The highest BCUT2D eigenvalue weighted by Gasteiger charge is 2.28. The number of para-hydroxylation sites is 1. The van der Waals surface area contributed by atoms with Gasteiger partial charge in [0.1, 0.15) is 12.1 Å². The van der Waals surface area contributed by atoms with E-state index in [0.29, 0.717) is 30.4 Å². The fourth-order valence-corrected chi connectivity index (χ4v) is 4.03. The van der Waals surface area contributed by atoms with Gasteiger partial charge >= 0.3 is 0 Å². The monoisotopic (exact) mass is 398 g/mol. The summed E-state index contributed by atoms with van der Waals surface area (Å²) in [5.74, 6) is 0.286. The normalized spacial score (nSPS) is 19.9. The third-order valence-electron chi connectivity index (χ3n) is 5.60. The fraction of sp³-hybridized carbons (Fsp3) is 0.455. The van der Waals surface area contributed by atoms with Crippen molar-refractivity contribution in [2.24, 2.45) is 0 Å². The van der Waals surface area contributed by atoms with Gasteiger partial charge in [-0.25, -0.2) is 9.37 Å². The van der Waals surface area contributed by atoms with Crippen LogP contribution < -0.4 is 4.90 Å². The van der Waals surface area contributed by atoms with Crippen LogP contribution in [0.1, 0.15) is 36.1 Å². The summed E-state index contributed by atoms with van der Waals surface area (Å²) in [4.78, 5) is 23.3. The van der Waals surface area contributed by atoms with Crippen molar-refractivity contribution in [1.82, 2.24) is 14.8 Å². The minimum Gasteiger partial charge on any atom is -0.447 e. The molecule has 4 rings (SSSR count). The molecule has 1 atom stereocenters. The lowest BCUT2D eigenvalue weighted by atomic mass is 10.1. The molecule has 1 amide bonds. The Bertz CT molecular complexity index is 873. The smallest absolute Gasteiger partial charge is 0.276 e. The second-order valence-electron chi connectivity index (χ2n) is 7.58. The average molecular weight is 398 g/mol. The second-order valence-corrected chi connectivity index (χ2v) is 7.58. The van der Waals surface area contributed by atoms with Gasteiger partial charge in [-0.2, -0.15) is 0 Å². The molecular weight excluding hydrogens is 371 g/mol. The minimum absolute atomic E-state index is 0.0761. The third kappa shape index (κ3) is 4.34. The van der Waals surface area contributed by atoms with Crippen molar-refractivity contribution < 1.29 is 13.6 Å². The summed E-state index contributed by atoms with van der Waals surface area (Å²) in [6.07, 6.45) is 7.58. The number of carbonyl (C=O) groups excluding carboxylic acids is 1. The molecule has 0 radical (unpaired) electrons. The van der Waals surface area contributed by atoms with Gasteiger partial charge in [0, 0.05) is 32.7 Å². The zero-order valence-electron chi connectivity index (χ0n) is 16.8. The Morgan fingerprint density at radius 2 is 2.03 bits per heavy atom. The second kappa shape index (κ2) is 8.78. The first kappa shape index (κ1) is 19.6. The molecule has 1 saturated heterocycles. The summed E-state index contributed by atoms with van der Waals surface area (Å²) in [6, 6.07) is 7.03. The Morgan fingerprint density at radius 1 is 1.24 bits per heavy atom. The van der Waals surface area contributed by atoms with Crippen molar-refractivity contribution in [3.05, 3.63) is 60.1 Å². The number of piperazine rings is 1. The number of aromatic nitrogens is 1. The van der Waals surface area contributed by atoms with E-state index in [9.17, 15) is 9.18 Å². The average Bonchev–Trinajstić information content (AvgIpc) is 3.39. The van der Waals surface area contributed by atoms with Crippen molar-refractivity contribution in [1.29, 1.82) is 0 Å². The first-order valence-corrected chi connectivity index (χ1v) is 10.3. The van der Waals surface area contributed by atoms with Crippen LogP contribution in [0.5, 0.6) is 0 Å². The molecule has 154 valence electrons. The predicted molar refractivity (Wildman–Crippen MR) is 109 cm³/mol. The number of carbonyl (C=O) groups is 1. The highest BCUT2D eigenvalue weighted by atomic mass is 19.1. The maximum absolute atomic E-state index is 14.0. The van der Waals surface area contributed by atoms with Gasteiger partial charge in [0.05, 0.1) is 18.3 Å². The van der Waals surface area contributed by atoms with E-state index in [1.54, 1.807) is 6.07 Å². The topological polar surface area (TPSA) is 52.8 Å². The molecule has 2 aliphatic rings. The molecule has 6 nitrogen and oxygen atoms in total. The maximum atomic E-state index is 14.0. The van der Waals surface area contributed by atoms with Crippen molar-refractivity contribution in [3.8, 4) is 0 Å². The van der Waals surface area contributed by atoms with Gasteiger partial charge in [-0.15, -0.1) is 0 Å². The SMILES string of the molecule is CCCC1C=CCN1C(=O)c1coc(CN2CCN(c3ccccc3F)CC2)n1. The first-order chi connectivity index (χ1) is 14.2. The zero-order valence-corrected chi connectivity index (χ0v) is 16.8. The Morgan fingerprint density at radius 3 is 2.79 bits per heavy atom. The van der Waals surface area contributed by atoms with E-state index in [1.165, 1.54) is 12.3 Å². The summed E-state index contributed by atoms with van der Waals surface area (Å²) >= 11 is 0. The number of anilines is 1. The number of oxazole rings is 1. The molecule has 0 bridgehead atoms. The van der Waals surface area contributed by atoms with Crippen molar-refractivity contribution in [3.63, 3.8) is 0 Å². The zero-order chi connectivity index (χ0) is 20.2. The molecule has 3 heterocycles. The molecule has 1 fully saturated rings. The maximum Gasteiger partial charge on any atom is 0.276 e. The van der Waals surface area contributed by atoms with E-state index >= 15 is 0 Å². The van der Waals surface area contributed by atoms with Crippen LogP contribution in [-0.4, -0.2) is 59.5 Å². The van der Waals surface area contributed by atoms with E-state index in [2.05, 4.69) is 27.8 Å². The van der Waals surface area contributed by atoms with Crippen LogP contribution >= 0.6 is 0 Å². The predicted octanol–water partition coefficient (Wildman–Crippen LogP) is 3.32.